The Balaban J connectivity index is 2.01. The third-order valence-electron chi connectivity index (χ3n) is 3.60. The van der Waals surface area contributed by atoms with Crippen molar-refractivity contribution in [3.05, 3.63) is 35.9 Å². The number of morpholine rings is 1. The second-order valence-corrected chi connectivity index (χ2v) is 5.34. The lowest BCUT2D eigenvalue weighted by Gasteiger charge is -2.36. The maximum atomic E-state index is 12.4. The number of halogens is 3. The lowest BCUT2D eigenvalue weighted by molar-refractivity contribution is -0.160. The van der Waals surface area contributed by atoms with Crippen LogP contribution >= 0.6 is 0 Å². The number of carbonyl (C=O) groups is 1. The van der Waals surface area contributed by atoms with Gasteiger partial charge in [-0.15, -0.1) is 0 Å². The van der Waals surface area contributed by atoms with Crippen molar-refractivity contribution >= 4 is 5.91 Å². The van der Waals surface area contributed by atoms with E-state index in [0.29, 0.717) is 19.8 Å². The molecule has 1 fully saturated rings. The first kappa shape index (κ1) is 16.8. The van der Waals surface area contributed by atoms with E-state index in [1.165, 1.54) is 7.05 Å². The number of rotatable bonds is 4. The van der Waals surface area contributed by atoms with Crippen molar-refractivity contribution in [2.24, 2.45) is 0 Å². The summed E-state index contributed by atoms with van der Waals surface area (Å²) in [5.74, 6) is -0.542. The molecule has 1 aliphatic rings. The smallest absolute Gasteiger partial charge is 0.378 e. The molecule has 122 valence electrons. The van der Waals surface area contributed by atoms with E-state index < -0.39 is 18.6 Å². The molecular formula is C15H19F3N2O2. The third-order valence-corrected chi connectivity index (χ3v) is 3.60. The summed E-state index contributed by atoms with van der Waals surface area (Å²) in [5, 5.41) is 0. The average Bonchev–Trinajstić information content (AvgIpc) is 2.47. The molecule has 0 N–H and O–H groups in total. The van der Waals surface area contributed by atoms with Crippen molar-refractivity contribution in [1.29, 1.82) is 0 Å². The van der Waals surface area contributed by atoms with E-state index in [0.717, 1.165) is 10.5 Å². The van der Waals surface area contributed by atoms with Crippen molar-refractivity contribution in [2.75, 3.05) is 39.9 Å². The van der Waals surface area contributed by atoms with Crippen LogP contribution in [0.2, 0.25) is 0 Å². The molecule has 7 heteroatoms. The molecule has 1 aromatic carbocycles. The molecule has 0 radical (unpaired) electrons. The topological polar surface area (TPSA) is 32.8 Å². The van der Waals surface area contributed by atoms with E-state index in [2.05, 4.69) is 0 Å². The fourth-order valence-electron chi connectivity index (χ4n) is 2.46. The van der Waals surface area contributed by atoms with Gasteiger partial charge in [0.05, 0.1) is 25.8 Å². The highest BCUT2D eigenvalue weighted by Gasteiger charge is 2.33. The van der Waals surface area contributed by atoms with Gasteiger partial charge >= 0.3 is 6.18 Å². The number of carbonyl (C=O) groups excluding carboxylic acids is 1. The molecule has 1 aliphatic heterocycles. The lowest BCUT2D eigenvalue weighted by atomic mass is 10.0. The molecular weight excluding hydrogens is 297 g/mol. The molecule has 1 aromatic rings. The number of hydrogen-bond donors (Lipinski definition) is 0. The number of nitrogens with zero attached hydrogens (tertiary/aromatic N) is 2. The molecule has 22 heavy (non-hydrogen) atoms. The summed E-state index contributed by atoms with van der Waals surface area (Å²) in [7, 11) is 1.17. The van der Waals surface area contributed by atoms with E-state index >= 15 is 0 Å². The molecule has 2 rings (SSSR count). The lowest BCUT2D eigenvalue weighted by Crippen LogP contribution is -2.47. The predicted molar refractivity (Wildman–Crippen MR) is 75.3 cm³/mol. The van der Waals surface area contributed by atoms with E-state index in [9.17, 15) is 18.0 Å². The Kier molecular flexibility index (Phi) is 5.42. The molecule has 1 atom stereocenters. The van der Waals surface area contributed by atoms with Crippen LogP contribution in [0.4, 0.5) is 13.2 Å². The Bertz CT molecular complexity index is 493. The van der Waals surface area contributed by atoms with Crippen LogP contribution < -0.4 is 0 Å². The molecule has 1 amide bonds. The normalized spacial score (nSPS) is 19.9. The third kappa shape index (κ3) is 4.71. The molecule has 0 aliphatic carbocycles. The summed E-state index contributed by atoms with van der Waals surface area (Å²) in [5.41, 5.74) is 0.994. The Morgan fingerprint density at radius 3 is 2.68 bits per heavy atom. The van der Waals surface area contributed by atoms with Gasteiger partial charge in [0.25, 0.3) is 0 Å². The average molecular weight is 316 g/mol. The molecule has 0 spiro atoms. The molecule has 1 heterocycles. The zero-order valence-electron chi connectivity index (χ0n) is 12.3. The highest BCUT2D eigenvalue weighted by Crippen LogP contribution is 2.24. The van der Waals surface area contributed by atoms with Crippen LogP contribution in [0.5, 0.6) is 0 Å². The predicted octanol–water partition coefficient (Wildman–Crippen LogP) is 2.08. The summed E-state index contributed by atoms with van der Waals surface area (Å²) >= 11 is 0. The van der Waals surface area contributed by atoms with Gasteiger partial charge in [0, 0.05) is 13.6 Å². The van der Waals surface area contributed by atoms with Crippen molar-refractivity contribution in [2.45, 2.75) is 12.2 Å². The van der Waals surface area contributed by atoms with Gasteiger partial charge in [-0.25, -0.2) is 0 Å². The Labute approximate surface area is 127 Å². The summed E-state index contributed by atoms with van der Waals surface area (Å²) in [6.07, 6.45) is -4.38. The largest absolute Gasteiger partial charge is 0.406 e. The van der Waals surface area contributed by atoms with E-state index in [1.54, 1.807) is 0 Å². The number of benzene rings is 1. The van der Waals surface area contributed by atoms with Crippen molar-refractivity contribution in [1.82, 2.24) is 9.80 Å². The standard InChI is InChI=1S/C15H19F3N2O2/c1-19(11-15(16,17)18)14(21)9-20-7-8-22-10-13(20)12-5-3-2-4-6-12/h2-6,13H,7-11H2,1H3/t13-/m1/s1. The van der Waals surface area contributed by atoms with E-state index in [4.69, 9.17) is 4.74 Å². The maximum absolute atomic E-state index is 12.4. The highest BCUT2D eigenvalue weighted by molar-refractivity contribution is 5.78. The van der Waals surface area contributed by atoms with Crippen molar-refractivity contribution in [3.63, 3.8) is 0 Å². The van der Waals surface area contributed by atoms with Crippen LogP contribution in [0.25, 0.3) is 0 Å². The maximum Gasteiger partial charge on any atom is 0.406 e. The molecule has 0 aromatic heterocycles. The first-order valence-electron chi connectivity index (χ1n) is 7.04. The second-order valence-electron chi connectivity index (χ2n) is 5.34. The number of amides is 1. The summed E-state index contributed by atoms with van der Waals surface area (Å²) in [6, 6.07) is 9.41. The van der Waals surface area contributed by atoms with Crippen LogP contribution in [-0.4, -0.2) is 61.8 Å². The SMILES string of the molecule is CN(CC(F)(F)F)C(=O)CN1CCOC[C@@H]1c1ccccc1. The van der Waals surface area contributed by atoms with Gasteiger partial charge < -0.3 is 9.64 Å². The van der Waals surface area contributed by atoms with Gasteiger partial charge in [0.15, 0.2) is 0 Å². The van der Waals surface area contributed by atoms with Crippen LogP contribution in [0, 0.1) is 0 Å². The molecule has 1 saturated heterocycles. The fourth-order valence-corrected chi connectivity index (χ4v) is 2.46. The van der Waals surface area contributed by atoms with Gasteiger partial charge in [-0.2, -0.15) is 13.2 Å². The van der Waals surface area contributed by atoms with Gasteiger partial charge in [-0.1, -0.05) is 30.3 Å². The number of alkyl halides is 3. The van der Waals surface area contributed by atoms with Gasteiger partial charge in [-0.05, 0) is 5.56 Å². The highest BCUT2D eigenvalue weighted by atomic mass is 19.4. The first-order valence-corrected chi connectivity index (χ1v) is 7.04. The van der Waals surface area contributed by atoms with E-state index in [-0.39, 0.29) is 12.6 Å². The van der Waals surface area contributed by atoms with Crippen LogP contribution in [0.3, 0.4) is 0 Å². The van der Waals surface area contributed by atoms with Crippen molar-refractivity contribution < 1.29 is 22.7 Å². The Hall–Kier alpha value is -1.60. The van der Waals surface area contributed by atoms with E-state index in [1.807, 2.05) is 35.2 Å². The zero-order chi connectivity index (χ0) is 16.2. The van der Waals surface area contributed by atoms with Gasteiger partial charge in [0.1, 0.15) is 6.54 Å². The Morgan fingerprint density at radius 2 is 2.05 bits per heavy atom. The summed E-state index contributed by atoms with van der Waals surface area (Å²) in [6.45, 7) is 0.146. The quantitative estimate of drug-likeness (QED) is 0.853. The number of ether oxygens (including phenoxy) is 1. The van der Waals surface area contributed by atoms with Crippen LogP contribution in [0.15, 0.2) is 30.3 Å². The molecule has 4 nitrogen and oxygen atoms in total. The molecule has 0 bridgehead atoms. The minimum absolute atomic E-state index is 0.0461. The fraction of sp³-hybridized carbons (Fsp3) is 0.533. The number of hydrogen-bond acceptors (Lipinski definition) is 3. The van der Waals surface area contributed by atoms with Crippen molar-refractivity contribution in [3.8, 4) is 0 Å². The van der Waals surface area contributed by atoms with Crippen LogP contribution in [-0.2, 0) is 9.53 Å². The van der Waals surface area contributed by atoms with Crippen LogP contribution in [0.1, 0.15) is 11.6 Å². The summed E-state index contributed by atoms with van der Waals surface area (Å²) < 4.78 is 42.5. The van der Waals surface area contributed by atoms with Gasteiger partial charge in [0.2, 0.25) is 5.91 Å². The van der Waals surface area contributed by atoms with Gasteiger partial charge in [-0.3, -0.25) is 9.69 Å². The molecule has 0 unspecified atom stereocenters. The number of likely N-dealkylation sites (N-methyl/N-ethyl adjacent to an activating group) is 1. The first-order chi connectivity index (χ1) is 10.4. The minimum atomic E-state index is -4.38. The minimum Gasteiger partial charge on any atom is -0.378 e. The summed E-state index contributed by atoms with van der Waals surface area (Å²) in [4.78, 5) is 14.6. The monoisotopic (exact) mass is 316 g/mol. The Morgan fingerprint density at radius 1 is 1.36 bits per heavy atom. The zero-order valence-corrected chi connectivity index (χ0v) is 12.3. The second kappa shape index (κ2) is 7.11. The molecule has 0 saturated carbocycles.